The lowest BCUT2D eigenvalue weighted by Gasteiger charge is -2.10. The molecule has 1 aromatic heterocycles. The van der Waals surface area contributed by atoms with Crippen molar-refractivity contribution in [1.29, 1.82) is 0 Å². The summed E-state index contributed by atoms with van der Waals surface area (Å²) in [5.41, 5.74) is 1.16. The molecule has 6 heteroatoms. The van der Waals surface area contributed by atoms with E-state index in [1.165, 1.54) is 12.1 Å². The maximum atomic E-state index is 13.0. The first-order valence-corrected chi connectivity index (χ1v) is 6.13. The number of nitrogens with zero attached hydrogens (tertiary/aromatic N) is 1. The number of pyridine rings is 1. The molecule has 0 amide bonds. The number of halogens is 4. The third kappa shape index (κ3) is 3.09. The highest BCUT2D eigenvalue weighted by molar-refractivity contribution is 9.10. The molecule has 0 aliphatic carbocycles. The fourth-order valence-electron chi connectivity index (χ4n) is 1.29. The van der Waals surface area contributed by atoms with Crippen LogP contribution in [-0.4, -0.2) is 4.98 Å². The average Bonchev–Trinajstić information content (AvgIpc) is 2.23. The molecule has 0 fully saturated rings. The second-order valence-electron chi connectivity index (χ2n) is 3.26. The second kappa shape index (κ2) is 5.21. The van der Waals surface area contributed by atoms with Crippen LogP contribution in [0.4, 0.5) is 15.8 Å². The number of rotatable bonds is 2. The molecule has 2 rings (SSSR count). The van der Waals surface area contributed by atoms with Gasteiger partial charge in [0, 0.05) is 10.7 Å². The Morgan fingerprint density at radius 3 is 2.35 bits per heavy atom. The van der Waals surface area contributed by atoms with E-state index in [2.05, 4.69) is 26.2 Å². The van der Waals surface area contributed by atoms with E-state index in [0.29, 0.717) is 11.4 Å². The number of nitrogens with one attached hydrogen (secondary N) is 1. The van der Waals surface area contributed by atoms with Gasteiger partial charge in [0.05, 0.1) is 27.6 Å². The number of benzene rings is 1. The zero-order valence-electron chi connectivity index (χ0n) is 8.35. The van der Waals surface area contributed by atoms with Gasteiger partial charge in [0.15, 0.2) is 0 Å². The predicted octanol–water partition coefficient (Wildman–Crippen LogP) is 5.03. The van der Waals surface area contributed by atoms with Crippen molar-refractivity contribution in [3.8, 4) is 0 Å². The van der Waals surface area contributed by atoms with Crippen LogP contribution in [-0.2, 0) is 0 Å². The Kier molecular flexibility index (Phi) is 3.86. The Labute approximate surface area is 116 Å². The van der Waals surface area contributed by atoms with Crippen molar-refractivity contribution in [2.45, 2.75) is 0 Å². The van der Waals surface area contributed by atoms with Gasteiger partial charge in [-0.25, -0.2) is 4.39 Å². The third-order valence-corrected chi connectivity index (χ3v) is 3.01. The molecule has 0 unspecified atom stereocenters. The maximum absolute atomic E-state index is 13.0. The molecule has 0 aliphatic heterocycles. The Morgan fingerprint density at radius 1 is 1.12 bits per heavy atom. The Balaban J connectivity index is 2.36. The number of hydrogen-bond donors (Lipinski definition) is 1. The smallest absolute Gasteiger partial charge is 0.126 e. The van der Waals surface area contributed by atoms with Gasteiger partial charge in [-0.05, 0) is 34.1 Å². The fraction of sp³-hybridized carbons (Fsp3) is 0. The molecule has 88 valence electrons. The zero-order valence-corrected chi connectivity index (χ0v) is 11.4. The fourth-order valence-corrected chi connectivity index (χ4v) is 2.21. The molecule has 0 atom stereocenters. The van der Waals surface area contributed by atoms with E-state index in [0.717, 1.165) is 4.47 Å². The minimum Gasteiger partial charge on any atom is -0.352 e. The summed E-state index contributed by atoms with van der Waals surface area (Å²) in [5, 5.41) is 3.42. The van der Waals surface area contributed by atoms with E-state index in [1.54, 1.807) is 12.4 Å². The second-order valence-corrected chi connectivity index (χ2v) is 4.99. The van der Waals surface area contributed by atoms with Gasteiger partial charge in [-0.3, -0.25) is 4.98 Å². The first-order chi connectivity index (χ1) is 8.06. The topological polar surface area (TPSA) is 24.9 Å². The van der Waals surface area contributed by atoms with Gasteiger partial charge in [0.1, 0.15) is 5.82 Å². The quantitative estimate of drug-likeness (QED) is 0.832. The summed E-state index contributed by atoms with van der Waals surface area (Å²) < 4.78 is 13.8. The summed E-state index contributed by atoms with van der Waals surface area (Å²) in [6.07, 6.45) is 3.26. The largest absolute Gasteiger partial charge is 0.352 e. The molecule has 0 saturated heterocycles. The standard InChI is InChI=1S/C11H6BrCl2FN2/c12-6-1-8(5-16-4-6)17-11-9(13)2-7(15)3-10(11)14/h1-5,17H. The monoisotopic (exact) mass is 334 g/mol. The lowest BCUT2D eigenvalue weighted by atomic mass is 10.3. The van der Waals surface area contributed by atoms with Gasteiger partial charge in [0.25, 0.3) is 0 Å². The number of aromatic nitrogens is 1. The average molecular weight is 336 g/mol. The van der Waals surface area contributed by atoms with E-state index >= 15 is 0 Å². The van der Waals surface area contributed by atoms with Crippen molar-refractivity contribution in [3.05, 3.63) is 50.9 Å². The van der Waals surface area contributed by atoms with Crippen LogP contribution in [0.15, 0.2) is 35.1 Å². The predicted molar refractivity (Wildman–Crippen MR) is 71.6 cm³/mol. The summed E-state index contributed by atoms with van der Waals surface area (Å²) in [6, 6.07) is 4.20. The van der Waals surface area contributed by atoms with Crippen LogP contribution in [0.2, 0.25) is 10.0 Å². The summed E-state index contributed by atoms with van der Waals surface area (Å²) in [5.74, 6) is -0.474. The summed E-state index contributed by atoms with van der Waals surface area (Å²) in [4.78, 5) is 3.99. The molecule has 0 saturated carbocycles. The molecule has 1 heterocycles. The van der Waals surface area contributed by atoms with Crippen LogP contribution >= 0.6 is 39.1 Å². The van der Waals surface area contributed by atoms with Crippen LogP contribution in [0.5, 0.6) is 0 Å². The Morgan fingerprint density at radius 2 is 1.76 bits per heavy atom. The Hall–Kier alpha value is -0.840. The molecular weight excluding hydrogens is 330 g/mol. The van der Waals surface area contributed by atoms with E-state index < -0.39 is 5.82 Å². The van der Waals surface area contributed by atoms with E-state index in [9.17, 15) is 4.39 Å². The van der Waals surface area contributed by atoms with E-state index in [1.807, 2.05) is 6.07 Å². The van der Waals surface area contributed by atoms with E-state index in [4.69, 9.17) is 23.2 Å². The van der Waals surface area contributed by atoms with Crippen LogP contribution in [0.25, 0.3) is 0 Å². The molecule has 0 radical (unpaired) electrons. The summed E-state index contributed by atoms with van der Waals surface area (Å²) >= 11 is 15.1. The van der Waals surface area contributed by atoms with Gasteiger partial charge in [-0.1, -0.05) is 23.2 Å². The van der Waals surface area contributed by atoms with Gasteiger partial charge in [0.2, 0.25) is 0 Å². The van der Waals surface area contributed by atoms with Crippen molar-refractivity contribution in [3.63, 3.8) is 0 Å². The molecule has 0 bridgehead atoms. The molecule has 1 N–H and O–H groups in total. The molecule has 1 aromatic carbocycles. The molecule has 0 aliphatic rings. The van der Waals surface area contributed by atoms with Gasteiger partial charge in [-0.15, -0.1) is 0 Å². The lowest BCUT2D eigenvalue weighted by molar-refractivity contribution is 0.628. The molecule has 2 aromatic rings. The molecule has 17 heavy (non-hydrogen) atoms. The van der Waals surface area contributed by atoms with Crippen LogP contribution in [0.3, 0.4) is 0 Å². The number of hydrogen-bond acceptors (Lipinski definition) is 2. The normalized spacial score (nSPS) is 10.4. The highest BCUT2D eigenvalue weighted by atomic mass is 79.9. The first kappa shape index (κ1) is 12.6. The highest BCUT2D eigenvalue weighted by Crippen LogP contribution is 2.33. The third-order valence-electron chi connectivity index (χ3n) is 1.98. The van der Waals surface area contributed by atoms with Crippen molar-refractivity contribution in [2.75, 3.05) is 5.32 Å². The first-order valence-electron chi connectivity index (χ1n) is 4.58. The van der Waals surface area contributed by atoms with Crippen molar-refractivity contribution >= 4 is 50.5 Å². The number of anilines is 2. The lowest BCUT2D eigenvalue weighted by Crippen LogP contribution is -1.94. The summed E-state index contributed by atoms with van der Waals surface area (Å²) in [7, 11) is 0. The zero-order chi connectivity index (χ0) is 12.4. The summed E-state index contributed by atoms with van der Waals surface area (Å²) in [6.45, 7) is 0. The van der Waals surface area contributed by atoms with Gasteiger partial charge < -0.3 is 5.32 Å². The van der Waals surface area contributed by atoms with Crippen LogP contribution < -0.4 is 5.32 Å². The Bertz CT molecular complexity index is 540. The van der Waals surface area contributed by atoms with Crippen molar-refractivity contribution in [1.82, 2.24) is 4.98 Å². The van der Waals surface area contributed by atoms with Crippen molar-refractivity contribution in [2.24, 2.45) is 0 Å². The molecule has 2 nitrogen and oxygen atoms in total. The van der Waals surface area contributed by atoms with Gasteiger partial charge in [-0.2, -0.15) is 0 Å². The minimum atomic E-state index is -0.474. The minimum absolute atomic E-state index is 0.218. The SMILES string of the molecule is Fc1cc(Cl)c(Nc2cncc(Br)c2)c(Cl)c1. The van der Waals surface area contributed by atoms with Crippen LogP contribution in [0.1, 0.15) is 0 Å². The van der Waals surface area contributed by atoms with Crippen molar-refractivity contribution < 1.29 is 4.39 Å². The van der Waals surface area contributed by atoms with Gasteiger partial charge >= 0.3 is 0 Å². The maximum Gasteiger partial charge on any atom is 0.126 e. The molecular formula is C11H6BrCl2FN2. The highest BCUT2D eigenvalue weighted by Gasteiger charge is 2.09. The van der Waals surface area contributed by atoms with E-state index in [-0.39, 0.29) is 10.0 Å². The van der Waals surface area contributed by atoms with Crippen LogP contribution in [0, 0.1) is 5.82 Å². The molecule has 0 spiro atoms.